The average molecular weight is 456 g/mol. The van der Waals surface area contributed by atoms with Gasteiger partial charge in [-0.3, -0.25) is 9.78 Å². The first-order valence-electron chi connectivity index (χ1n) is 10.4. The molecule has 1 saturated heterocycles. The highest BCUT2D eigenvalue weighted by atomic mass is 32.2. The summed E-state index contributed by atoms with van der Waals surface area (Å²) in [5, 5.41) is 13.2. The lowest BCUT2D eigenvalue weighted by Crippen LogP contribution is -2.56. The fraction of sp³-hybridized carbons (Fsp3) is 0.304. The van der Waals surface area contributed by atoms with E-state index < -0.39 is 28.1 Å². The van der Waals surface area contributed by atoms with E-state index >= 15 is 0 Å². The van der Waals surface area contributed by atoms with Crippen molar-refractivity contribution < 1.29 is 23.1 Å². The lowest BCUT2D eigenvalue weighted by atomic mass is 10.00. The molecule has 9 heteroatoms. The van der Waals surface area contributed by atoms with Gasteiger partial charge in [0.15, 0.2) is 0 Å². The number of carboxylic acid groups (broad SMARTS) is 1. The largest absolute Gasteiger partial charge is 0.489 e. The number of para-hydroxylation sites is 1. The molecule has 32 heavy (non-hydrogen) atoms. The quantitative estimate of drug-likeness (QED) is 0.501. The molecular formula is C23H25N3O5S. The van der Waals surface area contributed by atoms with Crippen molar-refractivity contribution in [1.29, 1.82) is 0 Å². The summed E-state index contributed by atoms with van der Waals surface area (Å²) in [5.74, 6) is -0.537. The Bertz CT molecular complexity index is 1230. The number of carbonyl (C=O) groups is 1. The minimum absolute atomic E-state index is 0.0600. The zero-order chi connectivity index (χ0) is 22.7. The number of hydrogen-bond donors (Lipinski definition) is 3. The number of aryl methyl sites for hydroxylation is 1. The van der Waals surface area contributed by atoms with Crippen LogP contribution in [0.1, 0.15) is 24.1 Å². The standard InChI is InChI=1S/C23H25N3O5S/c1-15-13-16(19-5-2-3-6-20(19)25-15)14-31-17-8-10-18(11-9-17)32(29,30)26-21-7-4-12-24-22(21)23(27)28/h2-3,5-6,8-11,13,21-22,24,26H,4,7,12,14H2,1H3,(H,27,28)/t21?,22-/m1/s1. The Balaban J connectivity index is 1.46. The molecule has 1 unspecified atom stereocenters. The predicted octanol–water partition coefficient (Wildman–Crippen LogP) is 2.61. The van der Waals surface area contributed by atoms with Gasteiger partial charge in [-0.25, -0.2) is 13.1 Å². The SMILES string of the molecule is Cc1cc(COc2ccc(S(=O)(=O)NC3CCCN[C@H]3C(=O)O)cc2)c2ccccc2n1. The van der Waals surface area contributed by atoms with E-state index in [1.165, 1.54) is 12.1 Å². The normalized spacial score (nSPS) is 19.0. The Labute approximate surface area is 186 Å². The molecule has 0 radical (unpaired) electrons. The number of carboxylic acids is 1. The number of piperidine rings is 1. The third-order valence-corrected chi connectivity index (χ3v) is 7.00. The Hall–Kier alpha value is -3.01. The number of aliphatic carboxylic acids is 1. The van der Waals surface area contributed by atoms with E-state index in [4.69, 9.17) is 4.74 Å². The molecule has 1 fully saturated rings. The van der Waals surface area contributed by atoms with E-state index in [0.717, 1.165) is 22.2 Å². The van der Waals surface area contributed by atoms with Crippen molar-refractivity contribution in [1.82, 2.24) is 15.0 Å². The second-order valence-corrected chi connectivity index (χ2v) is 9.55. The Morgan fingerprint density at radius 2 is 1.97 bits per heavy atom. The first-order chi connectivity index (χ1) is 15.3. The highest BCUT2D eigenvalue weighted by molar-refractivity contribution is 7.89. The van der Waals surface area contributed by atoms with Gasteiger partial charge in [-0.1, -0.05) is 18.2 Å². The lowest BCUT2D eigenvalue weighted by molar-refractivity contribution is -0.140. The van der Waals surface area contributed by atoms with Gasteiger partial charge in [0.05, 0.1) is 10.4 Å². The van der Waals surface area contributed by atoms with Crippen LogP contribution in [0.5, 0.6) is 5.75 Å². The van der Waals surface area contributed by atoms with Crippen LogP contribution in [-0.2, 0) is 21.4 Å². The van der Waals surface area contributed by atoms with Gasteiger partial charge in [-0.15, -0.1) is 0 Å². The molecule has 3 N–H and O–H groups in total. The van der Waals surface area contributed by atoms with Crippen molar-refractivity contribution >= 4 is 26.9 Å². The van der Waals surface area contributed by atoms with E-state index in [9.17, 15) is 18.3 Å². The molecule has 3 aromatic rings. The zero-order valence-corrected chi connectivity index (χ0v) is 18.4. The number of nitrogens with one attached hydrogen (secondary N) is 2. The molecule has 2 aromatic carbocycles. The van der Waals surface area contributed by atoms with Crippen LogP contribution in [0.25, 0.3) is 10.9 Å². The van der Waals surface area contributed by atoms with Crippen LogP contribution < -0.4 is 14.8 Å². The van der Waals surface area contributed by atoms with Gasteiger partial charge in [-0.05, 0) is 62.7 Å². The average Bonchev–Trinajstić information content (AvgIpc) is 2.77. The molecule has 0 bridgehead atoms. The molecule has 0 amide bonds. The van der Waals surface area contributed by atoms with Gasteiger partial charge in [0.1, 0.15) is 18.4 Å². The van der Waals surface area contributed by atoms with Crippen LogP contribution in [0.2, 0.25) is 0 Å². The van der Waals surface area contributed by atoms with Crippen LogP contribution in [-0.4, -0.2) is 43.1 Å². The minimum atomic E-state index is -3.86. The minimum Gasteiger partial charge on any atom is -0.489 e. The van der Waals surface area contributed by atoms with E-state index in [2.05, 4.69) is 15.0 Å². The maximum absolute atomic E-state index is 12.8. The molecular weight excluding hydrogens is 430 g/mol. The maximum Gasteiger partial charge on any atom is 0.322 e. The van der Waals surface area contributed by atoms with E-state index in [-0.39, 0.29) is 4.90 Å². The lowest BCUT2D eigenvalue weighted by Gasteiger charge is -2.30. The van der Waals surface area contributed by atoms with Gasteiger partial charge in [0.25, 0.3) is 0 Å². The van der Waals surface area contributed by atoms with Gasteiger partial charge < -0.3 is 15.2 Å². The fourth-order valence-electron chi connectivity index (χ4n) is 3.93. The molecule has 2 heterocycles. The van der Waals surface area contributed by atoms with Gasteiger partial charge in [0.2, 0.25) is 10.0 Å². The summed E-state index contributed by atoms with van der Waals surface area (Å²) in [6.07, 6.45) is 1.16. The summed E-state index contributed by atoms with van der Waals surface area (Å²) in [5.41, 5.74) is 2.79. The number of nitrogens with zero attached hydrogens (tertiary/aromatic N) is 1. The molecule has 4 rings (SSSR count). The van der Waals surface area contributed by atoms with Crippen LogP contribution in [0.15, 0.2) is 59.5 Å². The van der Waals surface area contributed by atoms with Gasteiger partial charge in [-0.2, -0.15) is 0 Å². The van der Waals surface area contributed by atoms with Gasteiger partial charge in [0, 0.05) is 22.7 Å². The third kappa shape index (κ3) is 4.90. The van der Waals surface area contributed by atoms with Crippen molar-refractivity contribution in [3.63, 3.8) is 0 Å². The molecule has 0 aliphatic carbocycles. The van der Waals surface area contributed by atoms with E-state index in [1.54, 1.807) is 12.1 Å². The molecule has 168 valence electrons. The smallest absolute Gasteiger partial charge is 0.322 e. The fourth-order valence-corrected chi connectivity index (χ4v) is 5.22. The van der Waals surface area contributed by atoms with Crippen LogP contribution in [0, 0.1) is 6.92 Å². The number of fused-ring (bicyclic) bond motifs is 1. The van der Waals surface area contributed by atoms with Gasteiger partial charge >= 0.3 is 5.97 Å². The number of ether oxygens (including phenoxy) is 1. The number of pyridine rings is 1. The topological polar surface area (TPSA) is 118 Å². The van der Waals surface area contributed by atoms with Crippen molar-refractivity contribution in [2.24, 2.45) is 0 Å². The summed E-state index contributed by atoms with van der Waals surface area (Å²) in [4.78, 5) is 16.0. The van der Waals surface area contributed by atoms with E-state index in [1.807, 2.05) is 37.3 Å². The molecule has 0 saturated carbocycles. The Morgan fingerprint density at radius 3 is 2.72 bits per heavy atom. The number of aromatic nitrogens is 1. The first kappa shape index (κ1) is 22.2. The summed E-state index contributed by atoms with van der Waals surface area (Å²) < 4.78 is 33.9. The molecule has 2 atom stereocenters. The molecule has 8 nitrogen and oxygen atoms in total. The van der Waals surface area contributed by atoms with Crippen molar-refractivity contribution in [3.05, 3.63) is 65.9 Å². The molecule has 1 aromatic heterocycles. The monoisotopic (exact) mass is 455 g/mol. The van der Waals surface area contributed by atoms with Crippen LogP contribution in [0.3, 0.4) is 0 Å². The molecule has 1 aliphatic heterocycles. The zero-order valence-electron chi connectivity index (χ0n) is 17.6. The summed E-state index contributed by atoms with van der Waals surface area (Å²) in [6, 6.07) is 14.3. The first-order valence-corrected chi connectivity index (χ1v) is 11.9. The van der Waals surface area contributed by atoms with Crippen molar-refractivity contribution in [2.75, 3.05) is 6.54 Å². The summed E-state index contributed by atoms with van der Waals surface area (Å²) >= 11 is 0. The summed E-state index contributed by atoms with van der Waals surface area (Å²) in [6.45, 7) is 2.80. The highest BCUT2D eigenvalue weighted by Gasteiger charge is 2.33. The third-order valence-electron chi connectivity index (χ3n) is 5.49. The maximum atomic E-state index is 12.8. The summed E-state index contributed by atoms with van der Waals surface area (Å²) in [7, 11) is -3.86. The van der Waals surface area contributed by atoms with Crippen molar-refractivity contribution in [2.45, 2.75) is 43.4 Å². The van der Waals surface area contributed by atoms with Crippen LogP contribution in [0.4, 0.5) is 0 Å². The second kappa shape index (κ2) is 9.23. The predicted molar refractivity (Wildman–Crippen MR) is 120 cm³/mol. The number of rotatable bonds is 7. The number of hydrogen-bond acceptors (Lipinski definition) is 6. The number of sulfonamides is 1. The van der Waals surface area contributed by atoms with Crippen molar-refractivity contribution in [3.8, 4) is 5.75 Å². The Morgan fingerprint density at radius 1 is 1.22 bits per heavy atom. The number of benzene rings is 2. The Kier molecular flexibility index (Phi) is 6.40. The highest BCUT2D eigenvalue weighted by Crippen LogP contribution is 2.22. The second-order valence-electron chi connectivity index (χ2n) is 7.84. The molecule has 1 aliphatic rings. The molecule has 0 spiro atoms. The van der Waals surface area contributed by atoms with E-state index in [0.29, 0.717) is 31.7 Å². The van der Waals surface area contributed by atoms with Crippen LogP contribution >= 0.6 is 0 Å².